The quantitative estimate of drug-likeness (QED) is 0.501. The number of carbonyl (C=O) groups is 2. The van der Waals surface area contributed by atoms with Crippen LogP contribution < -0.4 is 10.6 Å². The van der Waals surface area contributed by atoms with Gasteiger partial charge in [-0.05, 0) is 12.8 Å². The molecular formula is C13H26N2O4. The molecule has 2 amide bonds. The highest BCUT2D eigenvalue weighted by molar-refractivity contribution is 5.75. The first kappa shape index (κ1) is 17.7. The van der Waals surface area contributed by atoms with Gasteiger partial charge in [0.2, 0.25) is 0 Å². The maximum absolute atomic E-state index is 11.5. The van der Waals surface area contributed by atoms with E-state index >= 15 is 0 Å². The van der Waals surface area contributed by atoms with Crippen molar-refractivity contribution in [2.24, 2.45) is 0 Å². The molecule has 112 valence electrons. The normalized spacial score (nSPS) is 11.9. The van der Waals surface area contributed by atoms with Gasteiger partial charge in [-0.25, -0.2) is 4.79 Å². The van der Waals surface area contributed by atoms with Gasteiger partial charge in [-0.1, -0.05) is 26.7 Å². The first-order valence-corrected chi connectivity index (χ1v) is 6.94. The van der Waals surface area contributed by atoms with E-state index in [1.54, 1.807) is 0 Å². The van der Waals surface area contributed by atoms with Gasteiger partial charge in [0.05, 0.1) is 13.0 Å². The molecule has 0 heterocycles. The molecule has 0 aromatic heterocycles. The Morgan fingerprint density at radius 3 is 2.53 bits per heavy atom. The van der Waals surface area contributed by atoms with Gasteiger partial charge < -0.3 is 20.5 Å². The third kappa shape index (κ3) is 11.5. The third-order valence-electron chi connectivity index (χ3n) is 2.57. The summed E-state index contributed by atoms with van der Waals surface area (Å²) in [6.07, 6.45) is 3.55. The lowest BCUT2D eigenvalue weighted by Gasteiger charge is -2.16. The minimum Gasteiger partial charge on any atom is -0.481 e. The van der Waals surface area contributed by atoms with Crippen molar-refractivity contribution in [2.75, 3.05) is 19.8 Å². The minimum absolute atomic E-state index is 0.0474. The van der Waals surface area contributed by atoms with Gasteiger partial charge in [0.1, 0.15) is 0 Å². The molecule has 3 N–H and O–H groups in total. The molecule has 6 heteroatoms. The number of unbranched alkanes of at least 4 members (excludes halogenated alkanes) is 1. The fourth-order valence-corrected chi connectivity index (χ4v) is 1.61. The van der Waals surface area contributed by atoms with Gasteiger partial charge in [0, 0.05) is 19.2 Å². The number of carboxylic acid groups (broad SMARTS) is 1. The lowest BCUT2D eigenvalue weighted by atomic mass is 10.1. The van der Waals surface area contributed by atoms with E-state index < -0.39 is 5.97 Å². The molecule has 1 atom stereocenters. The van der Waals surface area contributed by atoms with Crippen molar-refractivity contribution in [3.63, 3.8) is 0 Å². The van der Waals surface area contributed by atoms with Crippen LogP contribution in [0.4, 0.5) is 4.79 Å². The summed E-state index contributed by atoms with van der Waals surface area (Å²) in [6, 6.07) is -0.651. The van der Waals surface area contributed by atoms with Crippen molar-refractivity contribution in [1.29, 1.82) is 0 Å². The molecule has 0 aliphatic heterocycles. The first-order chi connectivity index (χ1) is 9.10. The summed E-state index contributed by atoms with van der Waals surface area (Å²) in [5, 5.41) is 14.0. The zero-order valence-electron chi connectivity index (χ0n) is 11.9. The van der Waals surface area contributed by atoms with Gasteiger partial charge in [-0.3, -0.25) is 4.79 Å². The standard InChI is InChI=1S/C13H26N2O4/c1-3-5-8-19-9-7-14-13(18)15-11(6-4-2)10-12(16)17/h11H,3-10H2,1-2H3,(H,16,17)(H2,14,15,18). The van der Waals surface area contributed by atoms with Crippen molar-refractivity contribution in [1.82, 2.24) is 10.6 Å². The average Bonchev–Trinajstić information content (AvgIpc) is 2.33. The van der Waals surface area contributed by atoms with E-state index in [0.29, 0.717) is 26.2 Å². The van der Waals surface area contributed by atoms with Crippen LogP contribution in [0.15, 0.2) is 0 Å². The fraction of sp³-hybridized carbons (Fsp3) is 0.846. The summed E-state index contributed by atoms with van der Waals surface area (Å²) in [4.78, 5) is 22.2. The van der Waals surface area contributed by atoms with Crippen LogP contribution >= 0.6 is 0 Å². The minimum atomic E-state index is -0.901. The maximum Gasteiger partial charge on any atom is 0.315 e. The number of nitrogens with one attached hydrogen (secondary N) is 2. The van der Waals surface area contributed by atoms with Crippen LogP contribution in [0.25, 0.3) is 0 Å². The van der Waals surface area contributed by atoms with E-state index in [0.717, 1.165) is 19.3 Å². The topological polar surface area (TPSA) is 87.7 Å². The van der Waals surface area contributed by atoms with E-state index in [-0.39, 0.29) is 18.5 Å². The van der Waals surface area contributed by atoms with Gasteiger partial charge in [-0.2, -0.15) is 0 Å². The average molecular weight is 274 g/mol. The number of carboxylic acids is 1. The van der Waals surface area contributed by atoms with Crippen LogP contribution in [0.5, 0.6) is 0 Å². The highest BCUT2D eigenvalue weighted by Crippen LogP contribution is 2.01. The molecule has 0 rings (SSSR count). The van der Waals surface area contributed by atoms with Crippen LogP contribution in [0.3, 0.4) is 0 Å². The predicted octanol–water partition coefficient (Wildman–Crippen LogP) is 1.75. The lowest BCUT2D eigenvalue weighted by Crippen LogP contribution is -2.44. The van der Waals surface area contributed by atoms with Crippen molar-refractivity contribution < 1.29 is 19.4 Å². The summed E-state index contributed by atoms with van der Waals surface area (Å²) in [7, 11) is 0. The molecule has 0 aromatic carbocycles. The van der Waals surface area contributed by atoms with E-state index in [4.69, 9.17) is 9.84 Å². The Hall–Kier alpha value is -1.30. The molecule has 19 heavy (non-hydrogen) atoms. The molecular weight excluding hydrogens is 248 g/mol. The lowest BCUT2D eigenvalue weighted by molar-refractivity contribution is -0.137. The fourth-order valence-electron chi connectivity index (χ4n) is 1.61. The monoisotopic (exact) mass is 274 g/mol. The van der Waals surface area contributed by atoms with Crippen LogP contribution in [0.1, 0.15) is 46.0 Å². The van der Waals surface area contributed by atoms with Gasteiger partial charge in [0.15, 0.2) is 0 Å². The molecule has 0 aliphatic carbocycles. The number of rotatable bonds is 11. The molecule has 0 bridgehead atoms. The van der Waals surface area contributed by atoms with Gasteiger partial charge in [0.25, 0.3) is 0 Å². The predicted molar refractivity (Wildman–Crippen MR) is 73.2 cm³/mol. The SMILES string of the molecule is CCCCOCCNC(=O)NC(CCC)CC(=O)O. The Kier molecular flexibility index (Phi) is 11.0. The van der Waals surface area contributed by atoms with Gasteiger partial charge >= 0.3 is 12.0 Å². The van der Waals surface area contributed by atoms with Crippen molar-refractivity contribution in [3.05, 3.63) is 0 Å². The molecule has 0 saturated heterocycles. The maximum atomic E-state index is 11.5. The zero-order chi connectivity index (χ0) is 14.5. The highest BCUT2D eigenvalue weighted by atomic mass is 16.5. The van der Waals surface area contributed by atoms with Crippen LogP contribution in [-0.2, 0) is 9.53 Å². The number of aliphatic carboxylic acids is 1. The second-order valence-corrected chi connectivity index (χ2v) is 4.45. The van der Waals surface area contributed by atoms with E-state index in [1.165, 1.54) is 0 Å². The third-order valence-corrected chi connectivity index (χ3v) is 2.57. The van der Waals surface area contributed by atoms with Crippen LogP contribution in [0, 0.1) is 0 Å². The van der Waals surface area contributed by atoms with E-state index in [9.17, 15) is 9.59 Å². The highest BCUT2D eigenvalue weighted by Gasteiger charge is 2.14. The number of ether oxygens (including phenoxy) is 1. The largest absolute Gasteiger partial charge is 0.481 e. The molecule has 6 nitrogen and oxygen atoms in total. The summed E-state index contributed by atoms with van der Waals surface area (Å²) in [5.41, 5.74) is 0. The van der Waals surface area contributed by atoms with Crippen molar-refractivity contribution >= 4 is 12.0 Å². The summed E-state index contributed by atoms with van der Waals surface area (Å²) in [6.45, 7) is 5.66. The molecule has 1 unspecified atom stereocenters. The summed E-state index contributed by atoms with van der Waals surface area (Å²) >= 11 is 0. The van der Waals surface area contributed by atoms with E-state index in [1.807, 2.05) is 6.92 Å². The molecule has 0 fully saturated rings. The van der Waals surface area contributed by atoms with Crippen molar-refractivity contribution in [2.45, 2.75) is 52.0 Å². The Bertz CT molecular complexity index is 259. The summed E-state index contributed by atoms with van der Waals surface area (Å²) in [5.74, 6) is -0.901. The Balaban J connectivity index is 3.71. The number of carbonyl (C=O) groups excluding carboxylic acids is 1. The second kappa shape index (κ2) is 11.8. The number of urea groups is 1. The number of amides is 2. The van der Waals surface area contributed by atoms with Gasteiger partial charge in [-0.15, -0.1) is 0 Å². The molecule has 0 aromatic rings. The number of hydrogen-bond acceptors (Lipinski definition) is 3. The van der Waals surface area contributed by atoms with Crippen molar-refractivity contribution in [3.8, 4) is 0 Å². The summed E-state index contributed by atoms with van der Waals surface area (Å²) < 4.78 is 5.30. The zero-order valence-corrected chi connectivity index (χ0v) is 11.9. The van der Waals surface area contributed by atoms with Crippen LogP contribution in [0.2, 0.25) is 0 Å². The van der Waals surface area contributed by atoms with Crippen LogP contribution in [-0.4, -0.2) is 42.9 Å². The molecule has 0 saturated carbocycles. The Morgan fingerprint density at radius 1 is 1.21 bits per heavy atom. The first-order valence-electron chi connectivity index (χ1n) is 6.94. The van der Waals surface area contributed by atoms with E-state index in [2.05, 4.69) is 17.6 Å². The smallest absolute Gasteiger partial charge is 0.315 e. The Morgan fingerprint density at radius 2 is 1.95 bits per heavy atom. The second-order valence-electron chi connectivity index (χ2n) is 4.45. The Labute approximate surface area is 114 Å². The number of hydrogen-bond donors (Lipinski definition) is 3. The molecule has 0 radical (unpaired) electrons. The molecule has 0 spiro atoms. The molecule has 0 aliphatic rings.